The molecule has 19 heavy (non-hydrogen) atoms. The van der Waals surface area contributed by atoms with E-state index in [4.69, 9.17) is 9.47 Å². The van der Waals surface area contributed by atoms with Gasteiger partial charge in [-0.2, -0.15) is 11.8 Å². The molecule has 1 spiro atoms. The summed E-state index contributed by atoms with van der Waals surface area (Å²) in [5.74, 6) is 3.27. The number of pyridine rings is 1. The monoisotopic (exact) mass is 343 g/mol. The Bertz CT molecular complexity index is 432. The van der Waals surface area contributed by atoms with Crippen LogP contribution < -0.4 is 4.74 Å². The Kier molecular flexibility index (Phi) is 4.34. The molecule has 0 radical (unpaired) electrons. The van der Waals surface area contributed by atoms with Gasteiger partial charge in [0, 0.05) is 19.0 Å². The van der Waals surface area contributed by atoms with E-state index in [-0.39, 0.29) is 11.7 Å². The second-order valence-corrected chi connectivity index (χ2v) is 7.14. The van der Waals surface area contributed by atoms with Crippen LogP contribution in [0.3, 0.4) is 0 Å². The van der Waals surface area contributed by atoms with E-state index in [2.05, 4.69) is 20.9 Å². The van der Waals surface area contributed by atoms with Gasteiger partial charge in [0.2, 0.25) is 0 Å². The molecule has 3 nitrogen and oxygen atoms in total. The fraction of sp³-hybridized carbons (Fsp3) is 0.643. The van der Waals surface area contributed by atoms with E-state index < -0.39 is 0 Å². The number of aromatic nitrogens is 1. The Balaban J connectivity index is 1.67. The first-order chi connectivity index (χ1) is 9.27. The number of hydrogen-bond acceptors (Lipinski definition) is 4. The number of thioether (sulfide) groups is 1. The highest BCUT2D eigenvalue weighted by Crippen LogP contribution is 2.39. The fourth-order valence-electron chi connectivity index (χ4n) is 2.81. The Labute approximate surface area is 126 Å². The third-order valence-corrected chi connectivity index (χ3v) is 5.45. The van der Waals surface area contributed by atoms with Crippen molar-refractivity contribution in [2.45, 2.75) is 37.4 Å². The molecule has 1 aromatic rings. The topological polar surface area (TPSA) is 31.4 Å². The summed E-state index contributed by atoms with van der Waals surface area (Å²) < 4.78 is 13.0. The van der Waals surface area contributed by atoms with Crippen LogP contribution in [0.2, 0.25) is 0 Å². The Morgan fingerprint density at radius 1 is 1.42 bits per heavy atom. The second-order valence-electron chi connectivity index (χ2n) is 5.17. The van der Waals surface area contributed by atoms with Crippen LogP contribution in [-0.2, 0) is 4.74 Å². The van der Waals surface area contributed by atoms with Crippen LogP contribution in [0.25, 0.3) is 0 Å². The van der Waals surface area contributed by atoms with Gasteiger partial charge in [0.25, 0.3) is 0 Å². The molecule has 3 heterocycles. The predicted molar refractivity (Wildman–Crippen MR) is 80.8 cm³/mol. The summed E-state index contributed by atoms with van der Waals surface area (Å²) in [6.07, 6.45) is 6.31. The maximum atomic E-state index is 6.12. The minimum Gasteiger partial charge on any atom is -0.487 e. The van der Waals surface area contributed by atoms with Crippen molar-refractivity contribution < 1.29 is 9.47 Å². The van der Waals surface area contributed by atoms with Crippen molar-refractivity contribution in [1.29, 1.82) is 0 Å². The summed E-state index contributed by atoms with van der Waals surface area (Å²) >= 11 is 5.47. The van der Waals surface area contributed by atoms with Gasteiger partial charge in [-0.3, -0.25) is 0 Å². The average molecular weight is 344 g/mol. The minimum atomic E-state index is 0.0723. The summed E-state index contributed by atoms with van der Waals surface area (Å²) in [4.78, 5) is 4.21. The molecule has 1 unspecified atom stereocenters. The Morgan fingerprint density at radius 2 is 2.26 bits per heavy atom. The number of halogens is 1. The van der Waals surface area contributed by atoms with Crippen LogP contribution in [0.1, 0.15) is 25.7 Å². The molecule has 1 aromatic heterocycles. The van der Waals surface area contributed by atoms with E-state index in [0.29, 0.717) is 0 Å². The Hall–Kier alpha value is -0.260. The molecule has 2 aliphatic heterocycles. The fourth-order valence-corrected chi connectivity index (χ4v) is 4.39. The van der Waals surface area contributed by atoms with Crippen molar-refractivity contribution in [2.24, 2.45) is 0 Å². The SMILES string of the molecule is Brc1ncccc1OC1CCOC2(CCSCC2)C1. The van der Waals surface area contributed by atoms with Gasteiger partial charge in [-0.1, -0.05) is 0 Å². The van der Waals surface area contributed by atoms with Crippen LogP contribution in [0.15, 0.2) is 22.9 Å². The van der Waals surface area contributed by atoms with Gasteiger partial charge in [-0.05, 0) is 52.4 Å². The van der Waals surface area contributed by atoms with Gasteiger partial charge >= 0.3 is 0 Å². The maximum Gasteiger partial charge on any atom is 0.152 e. The van der Waals surface area contributed by atoms with Crippen molar-refractivity contribution in [2.75, 3.05) is 18.1 Å². The zero-order valence-corrected chi connectivity index (χ0v) is 13.2. The normalized spacial score (nSPS) is 26.3. The van der Waals surface area contributed by atoms with Crippen LogP contribution in [0.4, 0.5) is 0 Å². The minimum absolute atomic E-state index is 0.0723. The molecule has 2 saturated heterocycles. The van der Waals surface area contributed by atoms with Crippen LogP contribution in [0.5, 0.6) is 5.75 Å². The molecular formula is C14H18BrNO2S. The van der Waals surface area contributed by atoms with Gasteiger partial charge in [0.1, 0.15) is 10.7 Å². The first kappa shape index (κ1) is 13.7. The summed E-state index contributed by atoms with van der Waals surface area (Å²) in [5.41, 5.74) is 0.0723. The van der Waals surface area contributed by atoms with Gasteiger partial charge in [0.15, 0.2) is 5.75 Å². The molecule has 0 amide bonds. The standard InChI is InChI=1S/C14H18BrNO2S/c15-13-12(2-1-6-16-13)18-11-3-7-17-14(10-11)4-8-19-9-5-14/h1-2,6,11H,3-5,7-10H2. The van der Waals surface area contributed by atoms with Crippen molar-refractivity contribution in [3.63, 3.8) is 0 Å². The number of nitrogens with zero attached hydrogens (tertiary/aromatic N) is 1. The van der Waals surface area contributed by atoms with Gasteiger partial charge in [0.05, 0.1) is 12.2 Å². The van der Waals surface area contributed by atoms with Crippen LogP contribution in [-0.4, -0.2) is 34.8 Å². The first-order valence-corrected chi connectivity index (χ1v) is 8.71. The molecule has 0 N–H and O–H groups in total. The quantitative estimate of drug-likeness (QED) is 0.766. The summed E-state index contributed by atoms with van der Waals surface area (Å²) in [6.45, 7) is 0.813. The third kappa shape index (κ3) is 3.26. The van der Waals surface area contributed by atoms with Crippen LogP contribution in [0, 0.1) is 0 Å². The smallest absolute Gasteiger partial charge is 0.152 e. The lowest BCUT2D eigenvalue weighted by Crippen LogP contribution is -2.46. The van der Waals surface area contributed by atoms with E-state index in [9.17, 15) is 0 Å². The van der Waals surface area contributed by atoms with Gasteiger partial charge < -0.3 is 9.47 Å². The highest BCUT2D eigenvalue weighted by Gasteiger charge is 2.39. The van der Waals surface area contributed by atoms with E-state index in [1.807, 2.05) is 23.9 Å². The van der Waals surface area contributed by atoms with E-state index in [1.54, 1.807) is 6.20 Å². The molecule has 0 bridgehead atoms. The van der Waals surface area contributed by atoms with Crippen molar-refractivity contribution in [3.05, 3.63) is 22.9 Å². The highest BCUT2D eigenvalue weighted by atomic mass is 79.9. The molecule has 0 saturated carbocycles. The van der Waals surface area contributed by atoms with E-state index in [1.165, 1.54) is 11.5 Å². The third-order valence-electron chi connectivity index (χ3n) is 3.87. The molecule has 104 valence electrons. The maximum absolute atomic E-state index is 6.12. The highest BCUT2D eigenvalue weighted by molar-refractivity contribution is 9.10. The Morgan fingerprint density at radius 3 is 3.05 bits per heavy atom. The number of hydrogen-bond donors (Lipinski definition) is 0. The number of rotatable bonds is 2. The molecule has 0 aromatic carbocycles. The van der Waals surface area contributed by atoms with Crippen LogP contribution >= 0.6 is 27.7 Å². The van der Waals surface area contributed by atoms with Crippen molar-refractivity contribution in [3.8, 4) is 5.75 Å². The summed E-state index contributed by atoms with van der Waals surface area (Å²) in [6, 6.07) is 3.88. The lowest BCUT2D eigenvalue weighted by molar-refractivity contribution is -0.116. The van der Waals surface area contributed by atoms with E-state index in [0.717, 1.165) is 42.6 Å². The molecule has 3 rings (SSSR count). The summed E-state index contributed by atoms with van der Waals surface area (Å²) in [7, 11) is 0. The largest absolute Gasteiger partial charge is 0.487 e. The zero-order chi connectivity index (χ0) is 13.1. The summed E-state index contributed by atoms with van der Waals surface area (Å²) in [5, 5.41) is 0. The molecular weight excluding hydrogens is 326 g/mol. The second kappa shape index (κ2) is 6.02. The van der Waals surface area contributed by atoms with E-state index >= 15 is 0 Å². The lowest BCUT2D eigenvalue weighted by Gasteiger charge is -2.43. The first-order valence-electron chi connectivity index (χ1n) is 6.76. The number of ether oxygens (including phenoxy) is 2. The van der Waals surface area contributed by atoms with Gasteiger partial charge in [-0.15, -0.1) is 0 Å². The molecule has 5 heteroatoms. The molecule has 2 aliphatic rings. The van der Waals surface area contributed by atoms with Crippen molar-refractivity contribution in [1.82, 2.24) is 4.98 Å². The zero-order valence-electron chi connectivity index (χ0n) is 10.8. The molecule has 1 atom stereocenters. The van der Waals surface area contributed by atoms with Crippen molar-refractivity contribution >= 4 is 27.7 Å². The van der Waals surface area contributed by atoms with Gasteiger partial charge in [-0.25, -0.2) is 4.98 Å². The molecule has 2 fully saturated rings. The lowest BCUT2D eigenvalue weighted by atomic mass is 9.86. The predicted octanol–water partition coefficient (Wildman–Crippen LogP) is 3.67. The molecule has 0 aliphatic carbocycles. The average Bonchev–Trinajstić information content (AvgIpc) is 2.42.